The predicted molar refractivity (Wildman–Crippen MR) is 70.7 cm³/mol. The van der Waals surface area contributed by atoms with Gasteiger partial charge in [0.25, 0.3) is 0 Å². The average molecular weight is 220 g/mol. The Balaban J connectivity index is 3.19. The Labute approximate surface area is 99.7 Å². The zero-order valence-electron chi connectivity index (χ0n) is 11.3. The molecule has 0 aliphatic heterocycles. The van der Waals surface area contributed by atoms with Crippen LogP contribution in [0.25, 0.3) is 0 Å². The number of nitrogens with one attached hydrogen (secondary N) is 1. The van der Waals surface area contributed by atoms with E-state index in [0.29, 0.717) is 6.04 Å². The minimum Gasteiger partial charge on any atom is -0.313 e. The van der Waals surface area contributed by atoms with E-state index in [1.807, 2.05) is 7.05 Å². The summed E-state index contributed by atoms with van der Waals surface area (Å²) in [6, 6.07) is 8.98. The van der Waals surface area contributed by atoms with Crippen LogP contribution in [0.3, 0.4) is 0 Å². The summed E-state index contributed by atoms with van der Waals surface area (Å²) in [5.41, 5.74) is 2.80. The van der Waals surface area contributed by atoms with Gasteiger partial charge in [0.15, 0.2) is 0 Å². The maximum Gasteiger partial charge on any atom is 0.0522 e. The fraction of sp³-hybridized carbons (Fsp3) is 0.571. The van der Waals surface area contributed by atoms with Crippen molar-refractivity contribution >= 4 is 0 Å². The molecule has 0 saturated heterocycles. The SMILES string of the molecule is CNC(C)(C)C(c1ccccc1C)N(C)C. The first-order chi connectivity index (χ1) is 7.40. The molecule has 0 fully saturated rings. The average Bonchev–Trinajstić information content (AvgIpc) is 2.20. The smallest absolute Gasteiger partial charge is 0.0522 e. The lowest BCUT2D eigenvalue weighted by atomic mass is 9.86. The molecule has 0 radical (unpaired) electrons. The number of likely N-dealkylation sites (N-methyl/N-ethyl adjacent to an activating group) is 2. The summed E-state index contributed by atoms with van der Waals surface area (Å²) in [5, 5.41) is 3.41. The molecule has 2 heteroatoms. The summed E-state index contributed by atoms with van der Waals surface area (Å²) in [6.45, 7) is 6.66. The van der Waals surface area contributed by atoms with Crippen LogP contribution in [0.5, 0.6) is 0 Å². The number of nitrogens with zero attached hydrogens (tertiary/aromatic N) is 1. The van der Waals surface area contributed by atoms with Crippen LogP contribution in [0.15, 0.2) is 24.3 Å². The Morgan fingerprint density at radius 3 is 2.19 bits per heavy atom. The van der Waals surface area contributed by atoms with E-state index in [1.54, 1.807) is 0 Å². The second-order valence-electron chi connectivity index (χ2n) is 5.19. The van der Waals surface area contributed by atoms with Gasteiger partial charge in [-0.1, -0.05) is 24.3 Å². The molecule has 0 spiro atoms. The lowest BCUT2D eigenvalue weighted by Gasteiger charge is -2.39. The van der Waals surface area contributed by atoms with E-state index >= 15 is 0 Å². The van der Waals surface area contributed by atoms with E-state index in [0.717, 1.165) is 0 Å². The molecule has 1 aromatic rings. The van der Waals surface area contributed by atoms with Crippen LogP contribution >= 0.6 is 0 Å². The maximum absolute atomic E-state index is 3.41. The topological polar surface area (TPSA) is 15.3 Å². The van der Waals surface area contributed by atoms with Crippen LogP contribution in [0.4, 0.5) is 0 Å². The van der Waals surface area contributed by atoms with Crippen LogP contribution in [-0.4, -0.2) is 31.6 Å². The number of benzene rings is 1. The Hall–Kier alpha value is -0.860. The predicted octanol–water partition coefficient (Wildman–Crippen LogP) is 2.60. The van der Waals surface area contributed by atoms with Crippen molar-refractivity contribution in [2.24, 2.45) is 0 Å². The normalized spacial score (nSPS) is 14.2. The Bertz CT molecular complexity index is 342. The van der Waals surface area contributed by atoms with Crippen molar-refractivity contribution in [3.8, 4) is 0 Å². The minimum absolute atomic E-state index is 0.0512. The fourth-order valence-electron chi connectivity index (χ4n) is 2.34. The van der Waals surface area contributed by atoms with Gasteiger partial charge in [0.1, 0.15) is 0 Å². The van der Waals surface area contributed by atoms with Crippen LogP contribution in [0, 0.1) is 6.92 Å². The van der Waals surface area contributed by atoms with Gasteiger partial charge in [0.2, 0.25) is 0 Å². The molecule has 1 aromatic carbocycles. The van der Waals surface area contributed by atoms with Gasteiger partial charge in [-0.3, -0.25) is 0 Å². The molecule has 0 amide bonds. The third-order valence-corrected chi connectivity index (χ3v) is 3.33. The molecule has 0 heterocycles. The van der Waals surface area contributed by atoms with Gasteiger partial charge in [-0.15, -0.1) is 0 Å². The third kappa shape index (κ3) is 2.63. The van der Waals surface area contributed by atoms with E-state index in [-0.39, 0.29) is 5.54 Å². The van der Waals surface area contributed by atoms with Crippen molar-refractivity contribution in [3.05, 3.63) is 35.4 Å². The highest BCUT2D eigenvalue weighted by Crippen LogP contribution is 2.31. The molecule has 0 aliphatic carbocycles. The highest BCUT2D eigenvalue weighted by molar-refractivity contribution is 5.31. The maximum atomic E-state index is 3.41. The summed E-state index contributed by atoms with van der Waals surface area (Å²) in [6.07, 6.45) is 0. The molecular formula is C14H24N2. The van der Waals surface area contributed by atoms with Crippen molar-refractivity contribution < 1.29 is 0 Å². The van der Waals surface area contributed by atoms with Crippen molar-refractivity contribution in [2.45, 2.75) is 32.4 Å². The lowest BCUT2D eigenvalue weighted by Crippen LogP contribution is -2.48. The number of hydrogen-bond acceptors (Lipinski definition) is 2. The fourth-order valence-corrected chi connectivity index (χ4v) is 2.34. The van der Waals surface area contributed by atoms with Crippen LogP contribution in [0.1, 0.15) is 31.0 Å². The second kappa shape index (κ2) is 4.98. The van der Waals surface area contributed by atoms with E-state index in [1.165, 1.54) is 11.1 Å². The van der Waals surface area contributed by atoms with Crippen molar-refractivity contribution in [3.63, 3.8) is 0 Å². The van der Waals surface area contributed by atoms with Gasteiger partial charge in [-0.05, 0) is 53.0 Å². The first-order valence-corrected chi connectivity index (χ1v) is 5.81. The van der Waals surface area contributed by atoms with Crippen molar-refractivity contribution in [2.75, 3.05) is 21.1 Å². The molecule has 1 unspecified atom stereocenters. The van der Waals surface area contributed by atoms with Crippen molar-refractivity contribution in [1.29, 1.82) is 0 Å². The lowest BCUT2D eigenvalue weighted by molar-refractivity contribution is 0.177. The standard InChI is InChI=1S/C14H24N2/c1-11-9-7-8-10-12(11)13(16(5)6)14(2,3)15-4/h7-10,13,15H,1-6H3. The number of hydrogen-bond donors (Lipinski definition) is 1. The van der Waals surface area contributed by atoms with Crippen LogP contribution in [0.2, 0.25) is 0 Å². The van der Waals surface area contributed by atoms with Crippen LogP contribution < -0.4 is 5.32 Å². The number of rotatable bonds is 4. The zero-order valence-corrected chi connectivity index (χ0v) is 11.3. The molecule has 16 heavy (non-hydrogen) atoms. The van der Waals surface area contributed by atoms with Gasteiger partial charge in [-0.25, -0.2) is 0 Å². The van der Waals surface area contributed by atoms with E-state index in [4.69, 9.17) is 0 Å². The highest BCUT2D eigenvalue weighted by Gasteiger charge is 2.31. The molecule has 1 atom stereocenters. The molecule has 0 aliphatic rings. The zero-order chi connectivity index (χ0) is 12.3. The Kier molecular flexibility index (Phi) is 4.11. The largest absolute Gasteiger partial charge is 0.313 e. The summed E-state index contributed by atoms with van der Waals surface area (Å²) in [4.78, 5) is 2.28. The summed E-state index contributed by atoms with van der Waals surface area (Å²) in [5.74, 6) is 0. The van der Waals surface area contributed by atoms with E-state index in [9.17, 15) is 0 Å². The van der Waals surface area contributed by atoms with E-state index in [2.05, 4.69) is 69.3 Å². The molecule has 1 rings (SSSR count). The second-order valence-corrected chi connectivity index (χ2v) is 5.19. The number of aryl methyl sites for hydroxylation is 1. The minimum atomic E-state index is 0.0512. The Morgan fingerprint density at radius 2 is 1.75 bits per heavy atom. The van der Waals surface area contributed by atoms with Gasteiger partial charge in [0, 0.05) is 5.54 Å². The summed E-state index contributed by atoms with van der Waals surface area (Å²) >= 11 is 0. The van der Waals surface area contributed by atoms with Gasteiger partial charge in [-0.2, -0.15) is 0 Å². The summed E-state index contributed by atoms with van der Waals surface area (Å²) in [7, 11) is 6.29. The summed E-state index contributed by atoms with van der Waals surface area (Å²) < 4.78 is 0. The molecule has 0 saturated carbocycles. The van der Waals surface area contributed by atoms with Gasteiger partial charge in [0.05, 0.1) is 6.04 Å². The molecule has 0 aromatic heterocycles. The molecule has 1 N–H and O–H groups in total. The molecule has 2 nitrogen and oxygen atoms in total. The van der Waals surface area contributed by atoms with Gasteiger partial charge >= 0.3 is 0 Å². The molecule has 0 bridgehead atoms. The van der Waals surface area contributed by atoms with E-state index < -0.39 is 0 Å². The highest BCUT2D eigenvalue weighted by atomic mass is 15.2. The van der Waals surface area contributed by atoms with Gasteiger partial charge < -0.3 is 10.2 Å². The van der Waals surface area contributed by atoms with Crippen LogP contribution in [-0.2, 0) is 0 Å². The monoisotopic (exact) mass is 220 g/mol. The first-order valence-electron chi connectivity index (χ1n) is 5.81. The Morgan fingerprint density at radius 1 is 1.19 bits per heavy atom. The molecule has 90 valence electrons. The van der Waals surface area contributed by atoms with Crippen molar-refractivity contribution in [1.82, 2.24) is 10.2 Å². The first kappa shape index (κ1) is 13.2. The quantitative estimate of drug-likeness (QED) is 0.839. The molecular weight excluding hydrogens is 196 g/mol. The third-order valence-electron chi connectivity index (χ3n) is 3.33.